The van der Waals surface area contributed by atoms with E-state index in [2.05, 4.69) is 34.0 Å². The quantitative estimate of drug-likeness (QED) is 0.764. The van der Waals surface area contributed by atoms with Crippen molar-refractivity contribution in [2.24, 2.45) is 0 Å². The molecule has 0 aliphatic rings. The van der Waals surface area contributed by atoms with Gasteiger partial charge in [-0.3, -0.25) is 4.90 Å². The standard InChI is InChI=1S/C13H24N4O/c1-5-14-13-15-8-7-12(16-13)9-17(6-2)11(3)10-18-4/h7-8,11H,5-6,9-10H2,1-4H3,(H,14,15,16). The molecule has 0 bridgehead atoms. The van der Waals surface area contributed by atoms with E-state index in [4.69, 9.17) is 4.74 Å². The van der Waals surface area contributed by atoms with Crippen molar-refractivity contribution in [3.05, 3.63) is 18.0 Å². The zero-order chi connectivity index (χ0) is 13.4. The number of methoxy groups -OCH3 is 1. The molecule has 0 amide bonds. The number of hydrogen-bond donors (Lipinski definition) is 1. The monoisotopic (exact) mass is 252 g/mol. The van der Waals surface area contributed by atoms with E-state index in [9.17, 15) is 0 Å². The Morgan fingerprint density at radius 1 is 1.44 bits per heavy atom. The molecule has 0 fully saturated rings. The van der Waals surface area contributed by atoms with Crippen LogP contribution in [0.4, 0.5) is 5.95 Å². The summed E-state index contributed by atoms with van der Waals surface area (Å²) < 4.78 is 5.20. The first-order valence-electron chi connectivity index (χ1n) is 6.50. The second-order valence-electron chi connectivity index (χ2n) is 4.27. The van der Waals surface area contributed by atoms with Crippen LogP contribution < -0.4 is 5.32 Å². The molecule has 1 aromatic heterocycles. The first-order valence-corrected chi connectivity index (χ1v) is 6.50. The van der Waals surface area contributed by atoms with Crippen LogP contribution in [0, 0.1) is 0 Å². The molecule has 0 aromatic carbocycles. The van der Waals surface area contributed by atoms with Crippen molar-refractivity contribution >= 4 is 5.95 Å². The van der Waals surface area contributed by atoms with Gasteiger partial charge in [0.2, 0.25) is 5.95 Å². The first kappa shape index (κ1) is 14.9. The Bertz CT molecular complexity index is 346. The van der Waals surface area contributed by atoms with E-state index >= 15 is 0 Å². The van der Waals surface area contributed by atoms with E-state index in [1.807, 2.05) is 13.0 Å². The number of anilines is 1. The van der Waals surface area contributed by atoms with Crippen molar-refractivity contribution in [3.8, 4) is 0 Å². The van der Waals surface area contributed by atoms with Gasteiger partial charge in [-0.15, -0.1) is 0 Å². The van der Waals surface area contributed by atoms with Crippen LogP contribution in [0.15, 0.2) is 12.3 Å². The van der Waals surface area contributed by atoms with E-state index in [1.165, 1.54) is 0 Å². The van der Waals surface area contributed by atoms with Gasteiger partial charge in [0.15, 0.2) is 0 Å². The van der Waals surface area contributed by atoms with Crippen molar-refractivity contribution in [2.45, 2.75) is 33.4 Å². The molecular formula is C13H24N4O. The van der Waals surface area contributed by atoms with Gasteiger partial charge in [-0.2, -0.15) is 0 Å². The summed E-state index contributed by atoms with van der Waals surface area (Å²) in [5.74, 6) is 0.699. The second kappa shape index (κ2) is 8.00. The first-order chi connectivity index (χ1) is 8.71. The van der Waals surface area contributed by atoms with E-state index < -0.39 is 0 Å². The third-order valence-corrected chi connectivity index (χ3v) is 2.85. The number of likely N-dealkylation sites (N-methyl/N-ethyl adjacent to an activating group) is 1. The maximum absolute atomic E-state index is 5.20. The van der Waals surface area contributed by atoms with Gasteiger partial charge < -0.3 is 10.1 Å². The lowest BCUT2D eigenvalue weighted by molar-refractivity contribution is 0.0974. The Labute approximate surface area is 110 Å². The summed E-state index contributed by atoms with van der Waals surface area (Å²) in [4.78, 5) is 11.0. The van der Waals surface area contributed by atoms with Crippen LogP contribution in [0.5, 0.6) is 0 Å². The van der Waals surface area contributed by atoms with Crippen LogP contribution in [0.2, 0.25) is 0 Å². The molecule has 5 heteroatoms. The van der Waals surface area contributed by atoms with Crippen molar-refractivity contribution in [1.82, 2.24) is 14.9 Å². The fourth-order valence-electron chi connectivity index (χ4n) is 1.86. The van der Waals surface area contributed by atoms with Gasteiger partial charge in [0.05, 0.1) is 12.3 Å². The lowest BCUT2D eigenvalue weighted by Crippen LogP contribution is -2.35. The van der Waals surface area contributed by atoms with Crippen molar-refractivity contribution in [1.29, 1.82) is 0 Å². The highest BCUT2D eigenvalue weighted by atomic mass is 16.5. The molecule has 1 unspecified atom stereocenters. The topological polar surface area (TPSA) is 50.3 Å². The largest absolute Gasteiger partial charge is 0.383 e. The summed E-state index contributed by atoms with van der Waals surface area (Å²) in [6.45, 7) is 9.72. The highest BCUT2D eigenvalue weighted by Crippen LogP contribution is 2.08. The third-order valence-electron chi connectivity index (χ3n) is 2.85. The molecule has 1 atom stereocenters. The smallest absolute Gasteiger partial charge is 0.222 e. The maximum Gasteiger partial charge on any atom is 0.222 e. The molecule has 0 aliphatic heterocycles. The Kier molecular flexibility index (Phi) is 6.60. The second-order valence-corrected chi connectivity index (χ2v) is 4.27. The Morgan fingerprint density at radius 2 is 2.22 bits per heavy atom. The molecular weight excluding hydrogens is 228 g/mol. The van der Waals surface area contributed by atoms with Gasteiger partial charge in [-0.05, 0) is 26.5 Å². The highest BCUT2D eigenvalue weighted by molar-refractivity contribution is 5.24. The average molecular weight is 252 g/mol. The highest BCUT2D eigenvalue weighted by Gasteiger charge is 2.13. The molecule has 1 rings (SSSR count). The van der Waals surface area contributed by atoms with Crippen molar-refractivity contribution in [3.63, 3.8) is 0 Å². The molecule has 1 aromatic rings. The summed E-state index contributed by atoms with van der Waals surface area (Å²) in [5, 5.41) is 3.13. The number of aromatic nitrogens is 2. The number of rotatable bonds is 8. The van der Waals surface area contributed by atoms with Gasteiger partial charge in [0, 0.05) is 32.4 Å². The SMILES string of the molecule is CCNc1nccc(CN(CC)C(C)COC)n1. The zero-order valence-electron chi connectivity index (χ0n) is 11.8. The Morgan fingerprint density at radius 3 is 2.83 bits per heavy atom. The lowest BCUT2D eigenvalue weighted by atomic mass is 10.2. The van der Waals surface area contributed by atoms with E-state index in [0.29, 0.717) is 12.0 Å². The number of hydrogen-bond acceptors (Lipinski definition) is 5. The predicted octanol–water partition coefficient (Wildman–Crippen LogP) is 1.77. The number of nitrogens with zero attached hydrogens (tertiary/aromatic N) is 3. The van der Waals surface area contributed by atoms with Crippen molar-refractivity contribution in [2.75, 3.05) is 32.1 Å². The Hall–Kier alpha value is -1.20. The van der Waals surface area contributed by atoms with Crippen LogP contribution in [0.3, 0.4) is 0 Å². The molecule has 18 heavy (non-hydrogen) atoms. The fourth-order valence-corrected chi connectivity index (χ4v) is 1.86. The van der Waals surface area contributed by atoms with E-state index in [-0.39, 0.29) is 0 Å². The normalized spacial score (nSPS) is 12.7. The van der Waals surface area contributed by atoms with Crippen LogP contribution in [-0.4, -0.2) is 47.7 Å². The summed E-state index contributed by atoms with van der Waals surface area (Å²) in [7, 11) is 1.73. The summed E-state index contributed by atoms with van der Waals surface area (Å²) in [6.07, 6.45) is 1.80. The maximum atomic E-state index is 5.20. The van der Waals surface area contributed by atoms with E-state index in [0.717, 1.165) is 31.9 Å². The lowest BCUT2D eigenvalue weighted by Gasteiger charge is -2.26. The molecule has 102 valence electrons. The predicted molar refractivity (Wildman–Crippen MR) is 73.6 cm³/mol. The zero-order valence-corrected chi connectivity index (χ0v) is 11.8. The summed E-state index contributed by atoms with van der Waals surface area (Å²) >= 11 is 0. The third kappa shape index (κ3) is 4.58. The molecule has 1 heterocycles. The molecule has 5 nitrogen and oxygen atoms in total. The Balaban J connectivity index is 2.66. The van der Waals surface area contributed by atoms with Crippen LogP contribution >= 0.6 is 0 Å². The molecule has 0 spiro atoms. The van der Waals surface area contributed by atoms with Crippen LogP contribution in [0.1, 0.15) is 26.5 Å². The number of nitrogens with one attached hydrogen (secondary N) is 1. The van der Waals surface area contributed by atoms with Gasteiger partial charge in [0.25, 0.3) is 0 Å². The van der Waals surface area contributed by atoms with Gasteiger partial charge in [-0.25, -0.2) is 9.97 Å². The minimum Gasteiger partial charge on any atom is -0.383 e. The van der Waals surface area contributed by atoms with Crippen LogP contribution in [-0.2, 0) is 11.3 Å². The van der Waals surface area contributed by atoms with Gasteiger partial charge in [-0.1, -0.05) is 6.92 Å². The fraction of sp³-hybridized carbons (Fsp3) is 0.692. The molecule has 0 radical (unpaired) electrons. The van der Waals surface area contributed by atoms with E-state index in [1.54, 1.807) is 13.3 Å². The summed E-state index contributed by atoms with van der Waals surface area (Å²) in [5.41, 5.74) is 1.03. The summed E-state index contributed by atoms with van der Waals surface area (Å²) in [6, 6.07) is 2.35. The average Bonchev–Trinajstić information content (AvgIpc) is 2.37. The molecule has 1 N–H and O–H groups in total. The van der Waals surface area contributed by atoms with Gasteiger partial charge in [0.1, 0.15) is 0 Å². The number of ether oxygens (including phenoxy) is 1. The van der Waals surface area contributed by atoms with Crippen LogP contribution in [0.25, 0.3) is 0 Å². The molecule has 0 saturated heterocycles. The van der Waals surface area contributed by atoms with Crippen molar-refractivity contribution < 1.29 is 4.74 Å². The minimum absolute atomic E-state index is 0.387. The molecule has 0 saturated carbocycles. The molecule has 0 aliphatic carbocycles. The van der Waals surface area contributed by atoms with Gasteiger partial charge >= 0.3 is 0 Å². The minimum atomic E-state index is 0.387.